The van der Waals surface area contributed by atoms with Crippen LogP contribution in [0.25, 0.3) is 5.57 Å². The third-order valence-corrected chi connectivity index (χ3v) is 5.38. The number of benzene rings is 1. The average Bonchev–Trinajstić information content (AvgIpc) is 3.12. The molecule has 3 aliphatic heterocycles. The minimum Gasteiger partial charge on any atom is -0.504 e. The van der Waals surface area contributed by atoms with E-state index in [-0.39, 0.29) is 30.0 Å². The van der Waals surface area contributed by atoms with Crippen LogP contribution < -0.4 is 14.8 Å². The SMILES string of the molecule is O=C1NC2C(=CCC3OP(O)OC32)c2cc3c(c(O)c21)OCO3. The first-order valence-electron chi connectivity index (χ1n) is 7.13. The van der Waals surface area contributed by atoms with Gasteiger partial charge in [-0.3, -0.25) is 4.79 Å². The van der Waals surface area contributed by atoms with Crippen molar-refractivity contribution in [3.05, 3.63) is 23.3 Å². The fourth-order valence-electron chi connectivity index (χ4n) is 3.51. The van der Waals surface area contributed by atoms with Gasteiger partial charge in [-0.1, -0.05) is 6.08 Å². The summed E-state index contributed by atoms with van der Waals surface area (Å²) < 4.78 is 21.3. The van der Waals surface area contributed by atoms with Gasteiger partial charge in [-0.05, 0) is 23.6 Å². The van der Waals surface area contributed by atoms with Crippen LogP contribution in [0.15, 0.2) is 12.1 Å². The summed E-state index contributed by atoms with van der Waals surface area (Å²) in [4.78, 5) is 22.1. The van der Waals surface area contributed by atoms with Crippen molar-refractivity contribution in [2.75, 3.05) is 6.79 Å². The molecule has 1 saturated heterocycles. The van der Waals surface area contributed by atoms with E-state index in [1.165, 1.54) is 0 Å². The van der Waals surface area contributed by atoms with E-state index in [2.05, 4.69) is 5.32 Å². The normalized spacial score (nSPS) is 33.4. The highest BCUT2D eigenvalue weighted by Gasteiger charge is 2.49. The smallest absolute Gasteiger partial charge is 0.330 e. The summed E-state index contributed by atoms with van der Waals surface area (Å²) in [6.07, 6.45) is 1.75. The Bertz CT molecular complexity index is 764. The summed E-state index contributed by atoms with van der Waals surface area (Å²) >= 11 is 0. The Balaban J connectivity index is 1.67. The molecule has 3 heterocycles. The Morgan fingerprint density at radius 1 is 1.30 bits per heavy atom. The number of rotatable bonds is 0. The van der Waals surface area contributed by atoms with E-state index in [0.29, 0.717) is 17.7 Å². The highest BCUT2D eigenvalue weighted by atomic mass is 31.2. The van der Waals surface area contributed by atoms with Crippen molar-refractivity contribution in [2.24, 2.45) is 0 Å². The molecule has 3 N–H and O–H groups in total. The molecule has 5 rings (SSSR count). The molecule has 1 amide bonds. The maximum atomic E-state index is 12.5. The first-order chi connectivity index (χ1) is 11.1. The summed E-state index contributed by atoms with van der Waals surface area (Å²) in [7, 11) is -1.92. The number of hydrogen-bond donors (Lipinski definition) is 3. The van der Waals surface area contributed by atoms with Gasteiger partial charge in [0.15, 0.2) is 11.5 Å². The van der Waals surface area contributed by atoms with Gasteiger partial charge in [0.2, 0.25) is 12.5 Å². The molecule has 120 valence electrons. The molecule has 4 atom stereocenters. The van der Waals surface area contributed by atoms with Gasteiger partial charge in [0.1, 0.15) is 6.10 Å². The minimum absolute atomic E-state index is 0.00629. The van der Waals surface area contributed by atoms with E-state index in [4.69, 9.17) is 18.5 Å². The lowest BCUT2D eigenvalue weighted by molar-refractivity contribution is 0.0850. The number of fused-ring (bicyclic) bond motifs is 6. The Morgan fingerprint density at radius 2 is 2.17 bits per heavy atom. The molecule has 0 bridgehead atoms. The molecule has 23 heavy (non-hydrogen) atoms. The molecule has 1 aromatic rings. The van der Waals surface area contributed by atoms with Gasteiger partial charge in [-0.15, -0.1) is 0 Å². The highest BCUT2D eigenvalue weighted by molar-refractivity contribution is 7.40. The lowest BCUT2D eigenvalue weighted by atomic mass is 9.80. The van der Waals surface area contributed by atoms with Crippen molar-refractivity contribution >= 4 is 20.1 Å². The van der Waals surface area contributed by atoms with Crippen LogP contribution in [0.3, 0.4) is 0 Å². The topological polar surface area (TPSA) is 106 Å². The molecule has 4 aliphatic rings. The molecule has 0 saturated carbocycles. The number of ether oxygens (including phenoxy) is 2. The zero-order valence-electron chi connectivity index (χ0n) is 11.7. The number of amides is 1. The Labute approximate surface area is 131 Å². The fraction of sp³-hybridized carbons (Fsp3) is 0.357. The van der Waals surface area contributed by atoms with Gasteiger partial charge in [0, 0.05) is 0 Å². The van der Waals surface area contributed by atoms with Gasteiger partial charge in [-0.2, -0.15) is 0 Å². The van der Waals surface area contributed by atoms with Crippen LogP contribution in [0.1, 0.15) is 22.3 Å². The second-order valence-corrected chi connectivity index (χ2v) is 6.58. The molecule has 4 unspecified atom stereocenters. The standard InChI is InChI=1S/C14H12NO7P/c16-11-9-6(3-8-13(11)20-4-19-8)5-1-2-7-12(22-23(18)21-7)10(5)15-14(9)17/h1,3,7,10,12,16,18H,2,4H2,(H,15,17). The lowest BCUT2D eigenvalue weighted by Crippen LogP contribution is -2.52. The number of carbonyl (C=O) groups is 1. The second-order valence-electron chi connectivity index (χ2n) is 5.68. The number of hydrogen-bond acceptors (Lipinski definition) is 7. The first kappa shape index (κ1) is 13.6. The van der Waals surface area contributed by atoms with E-state index in [1.54, 1.807) is 6.07 Å². The maximum absolute atomic E-state index is 12.5. The van der Waals surface area contributed by atoms with E-state index in [9.17, 15) is 14.8 Å². The summed E-state index contributed by atoms with van der Waals surface area (Å²) in [5.41, 5.74) is 1.58. The largest absolute Gasteiger partial charge is 0.504 e. The molecular formula is C14H12NO7P. The fourth-order valence-corrected chi connectivity index (χ4v) is 4.46. The molecule has 0 aromatic heterocycles. The van der Waals surface area contributed by atoms with Crippen LogP contribution in [-0.2, 0) is 9.05 Å². The summed E-state index contributed by atoms with van der Waals surface area (Å²) in [6.45, 7) is 0.00629. The quantitative estimate of drug-likeness (QED) is 0.607. The summed E-state index contributed by atoms with van der Waals surface area (Å²) in [5.74, 6) is -0.0463. The molecule has 8 nitrogen and oxygen atoms in total. The molecule has 1 aliphatic carbocycles. The van der Waals surface area contributed by atoms with Crippen molar-refractivity contribution in [1.29, 1.82) is 0 Å². The van der Waals surface area contributed by atoms with E-state index < -0.39 is 26.7 Å². The van der Waals surface area contributed by atoms with Crippen molar-refractivity contribution in [3.63, 3.8) is 0 Å². The van der Waals surface area contributed by atoms with Crippen molar-refractivity contribution in [1.82, 2.24) is 5.32 Å². The van der Waals surface area contributed by atoms with Crippen LogP contribution in [0.2, 0.25) is 0 Å². The maximum Gasteiger partial charge on any atom is 0.330 e. The number of phenols is 1. The number of carbonyl (C=O) groups excluding carboxylic acids is 1. The van der Waals surface area contributed by atoms with Crippen molar-refractivity contribution in [3.8, 4) is 17.2 Å². The van der Waals surface area contributed by atoms with Crippen molar-refractivity contribution < 1.29 is 33.3 Å². The predicted molar refractivity (Wildman–Crippen MR) is 77.0 cm³/mol. The van der Waals surface area contributed by atoms with Crippen LogP contribution >= 0.6 is 8.60 Å². The monoisotopic (exact) mass is 337 g/mol. The molecule has 0 spiro atoms. The second kappa shape index (κ2) is 4.58. The van der Waals surface area contributed by atoms with Gasteiger partial charge in [0.25, 0.3) is 5.91 Å². The zero-order chi connectivity index (χ0) is 15.7. The van der Waals surface area contributed by atoms with Crippen LogP contribution in [0.4, 0.5) is 0 Å². The predicted octanol–water partition coefficient (Wildman–Crippen LogP) is 1.02. The van der Waals surface area contributed by atoms with Gasteiger partial charge < -0.3 is 33.8 Å². The van der Waals surface area contributed by atoms with E-state index in [1.807, 2.05) is 6.08 Å². The molecule has 1 fully saturated rings. The molecule has 1 aromatic carbocycles. The number of nitrogens with one attached hydrogen (secondary N) is 1. The lowest BCUT2D eigenvalue weighted by Gasteiger charge is -2.36. The molecule has 0 radical (unpaired) electrons. The minimum atomic E-state index is -1.92. The van der Waals surface area contributed by atoms with E-state index >= 15 is 0 Å². The van der Waals surface area contributed by atoms with E-state index in [0.717, 1.165) is 5.57 Å². The Kier molecular flexibility index (Phi) is 2.70. The first-order valence-corrected chi connectivity index (χ1v) is 8.26. The van der Waals surface area contributed by atoms with Gasteiger partial charge in [-0.25, -0.2) is 0 Å². The van der Waals surface area contributed by atoms with Crippen LogP contribution in [-0.4, -0.2) is 40.9 Å². The zero-order valence-corrected chi connectivity index (χ0v) is 12.6. The summed E-state index contributed by atoms with van der Waals surface area (Å²) in [5, 5.41) is 13.2. The van der Waals surface area contributed by atoms with Gasteiger partial charge in [0.05, 0.1) is 17.7 Å². The number of phenolic OH excluding ortho intramolecular Hbond substituents is 1. The third-order valence-electron chi connectivity index (χ3n) is 4.50. The highest BCUT2D eigenvalue weighted by Crippen LogP contribution is 2.53. The molecular weight excluding hydrogens is 325 g/mol. The summed E-state index contributed by atoms with van der Waals surface area (Å²) in [6, 6.07) is 1.26. The average molecular weight is 337 g/mol. The van der Waals surface area contributed by atoms with Crippen LogP contribution in [0, 0.1) is 0 Å². The Morgan fingerprint density at radius 3 is 3.04 bits per heavy atom. The molecule has 9 heteroatoms. The van der Waals surface area contributed by atoms with Crippen molar-refractivity contribution in [2.45, 2.75) is 24.7 Å². The Hall–Kier alpha value is -1.86. The van der Waals surface area contributed by atoms with Gasteiger partial charge >= 0.3 is 8.60 Å². The third kappa shape index (κ3) is 1.77. The van der Waals surface area contributed by atoms with Crippen LogP contribution in [0.5, 0.6) is 17.2 Å². The number of aromatic hydroxyl groups is 1.